The largest absolute Gasteiger partial charge is 0.394 e. The van der Waals surface area contributed by atoms with Crippen LogP contribution in [0.1, 0.15) is 213 Å². The summed E-state index contributed by atoms with van der Waals surface area (Å²) in [5.74, 6) is -0.157. The molecule has 0 aliphatic rings. The van der Waals surface area contributed by atoms with Gasteiger partial charge >= 0.3 is 0 Å². The van der Waals surface area contributed by atoms with Gasteiger partial charge < -0.3 is 20.6 Å². The van der Waals surface area contributed by atoms with E-state index in [0.717, 1.165) is 44.9 Å². The number of hydrogen-bond acceptors (Lipinski definition) is 4. The maximum Gasteiger partial charge on any atom is 0.220 e. The highest BCUT2D eigenvalue weighted by Gasteiger charge is 2.26. The number of amides is 1. The van der Waals surface area contributed by atoms with Crippen LogP contribution in [-0.4, -0.2) is 46.1 Å². The average Bonchev–Trinajstić information content (AvgIpc) is 3.07. The summed E-state index contributed by atoms with van der Waals surface area (Å²) in [6, 6.07) is -0.827. The third-order valence-corrected chi connectivity index (χ3v) is 9.54. The molecule has 47 heavy (non-hydrogen) atoms. The predicted molar refractivity (Wildman–Crippen MR) is 204 cm³/mol. The summed E-state index contributed by atoms with van der Waals surface area (Å²) in [5.41, 5.74) is 0. The molecule has 1 amide bonds. The van der Waals surface area contributed by atoms with Crippen molar-refractivity contribution in [3.8, 4) is 0 Å². The third-order valence-electron chi connectivity index (χ3n) is 9.54. The Morgan fingerprint density at radius 1 is 0.511 bits per heavy atom. The first-order valence-electron chi connectivity index (χ1n) is 20.6. The minimum absolute atomic E-state index is 0.157. The summed E-state index contributed by atoms with van der Waals surface area (Å²) < 4.78 is 0. The van der Waals surface area contributed by atoms with Crippen molar-refractivity contribution in [2.24, 2.45) is 0 Å². The minimum atomic E-state index is -1.16. The fourth-order valence-corrected chi connectivity index (χ4v) is 6.30. The van der Waals surface area contributed by atoms with Gasteiger partial charge in [-0.3, -0.25) is 4.79 Å². The molecule has 0 bridgehead atoms. The first-order chi connectivity index (χ1) is 23.1. The van der Waals surface area contributed by atoms with Gasteiger partial charge in [0, 0.05) is 6.42 Å². The number of nitrogens with one attached hydrogen (secondary N) is 1. The first-order valence-corrected chi connectivity index (χ1v) is 20.6. The van der Waals surface area contributed by atoms with E-state index in [9.17, 15) is 20.1 Å². The number of aliphatic hydroxyl groups excluding tert-OH is 3. The second-order valence-electron chi connectivity index (χ2n) is 14.2. The molecule has 278 valence electrons. The van der Waals surface area contributed by atoms with Gasteiger partial charge in [0.1, 0.15) is 6.10 Å². The molecule has 0 aromatic rings. The second-order valence-corrected chi connectivity index (χ2v) is 14.2. The molecule has 0 heterocycles. The number of carbonyl (C=O) groups is 1. The van der Waals surface area contributed by atoms with Crippen LogP contribution in [0.5, 0.6) is 0 Å². The Bertz CT molecular complexity index is 694. The molecule has 5 nitrogen and oxygen atoms in total. The van der Waals surface area contributed by atoms with E-state index in [2.05, 4.69) is 43.5 Å². The van der Waals surface area contributed by atoms with E-state index in [-0.39, 0.29) is 12.5 Å². The molecule has 0 aliphatic heterocycles. The quantitative estimate of drug-likeness (QED) is 0.0393. The van der Waals surface area contributed by atoms with E-state index in [4.69, 9.17) is 0 Å². The van der Waals surface area contributed by atoms with Crippen molar-refractivity contribution >= 4 is 5.91 Å². The summed E-state index contributed by atoms with van der Waals surface area (Å²) >= 11 is 0. The van der Waals surface area contributed by atoms with Crippen molar-refractivity contribution in [1.82, 2.24) is 5.32 Å². The Balaban J connectivity index is 3.63. The lowest BCUT2D eigenvalue weighted by Crippen LogP contribution is -2.50. The van der Waals surface area contributed by atoms with Gasteiger partial charge in [0.05, 0.1) is 18.8 Å². The van der Waals surface area contributed by atoms with Crippen LogP contribution in [-0.2, 0) is 4.79 Å². The minimum Gasteiger partial charge on any atom is -0.394 e. The van der Waals surface area contributed by atoms with Crippen LogP contribution in [0.15, 0.2) is 24.3 Å². The molecular formula is C42H81NO4. The number of allylic oxidation sites excluding steroid dienone is 4. The van der Waals surface area contributed by atoms with Crippen LogP contribution in [0.25, 0.3) is 0 Å². The summed E-state index contributed by atoms with van der Waals surface area (Å²) in [6.45, 7) is 4.13. The SMILES string of the molecule is CCCCC/C=C/CC/C=C/CCCC(O)C(O)C(CO)NC(=O)CCCCCCCCCCCCCCCCCCCCCCC. The zero-order chi connectivity index (χ0) is 34.5. The average molecular weight is 664 g/mol. The topological polar surface area (TPSA) is 89.8 Å². The van der Waals surface area contributed by atoms with Crippen molar-refractivity contribution in [2.75, 3.05) is 6.61 Å². The number of aliphatic hydroxyl groups is 3. The molecule has 3 unspecified atom stereocenters. The van der Waals surface area contributed by atoms with Gasteiger partial charge in [-0.2, -0.15) is 0 Å². The van der Waals surface area contributed by atoms with Crippen LogP contribution >= 0.6 is 0 Å². The smallest absolute Gasteiger partial charge is 0.220 e. The van der Waals surface area contributed by atoms with Gasteiger partial charge in [0.2, 0.25) is 5.91 Å². The summed E-state index contributed by atoms with van der Waals surface area (Å²) in [7, 11) is 0. The van der Waals surface area contributed by atoms with E-state index < -0.39 is 18.2 Å². The van der Waals surface area contributed by atoms with E-state index >= 15 is 0 Å². The number of rotatable bonds is 37. The molecule has 0 aromatic carbocycles. The van der Waals surface area contributed by atoms with Gasteiger partial charge in [0.25, 0.3) is 0 Å². The van der Waals surface area contributed by atoms with Crippen molar-refractivity contribution in [1.29, 1.82) is 0 Å². The molecule has 4 N–H and O–H groups in total. The Hall–Kier alpha value is -1.17. The summed E-state index contributed by atoms with van der Waals surface area (Å²) in [5, 5.41) is 33.4. The van der Waals surface area contributed by atoms with E-state index in [1.807, 2.05) is 0 Å². The van der Waals surface area contributed by atoms with Crippen molar-refractivity contribution in [3.63, 3.8) is 0 Å². The van der Waals surface area contributed by atoms with Crippen LogP contribution < -0.4 is 5.32 Å². The Labute approximate surface area is 292 Å². The highest BCUT2D eigenvalue weighted by Crippen LogP contribution is 2.16. The zero-order valence-electron chi connectivity index (χ0n) is 31.4. The Morgan fingerprint density at radius 2 is 0.872 bits per heavy atom. The maximum atomic E-state index is 12.4. The molecule has 0 aliphatic carbocycles. The molecule has 0 saturated heterocycles. The summed E-state index contributed by atoms with van der Waals surface area (Å²) in [4.78, 5) is 12.4. The zero-order valence-corrected chi connectivity index (χ0v) is 31.4. The lowest BCUT2D eigenvalue weighted by molar-refractivity contribution is -0.124. The van der Waals surface area contributed by atoms with Crippen LogP contribution in [0.4, 0.5) is 0 Å². The van der Waals surface area contributed by atoms with Gasteiger partial charge in [-0.1, -0.05) is 179 Å². The fourth-order valence-electron chi connectivity index (χ4n) is 6.30. The lowest BCUT2D eigenvalue weighted by Gasteiger charge is -2.26. The molecule has 0 saturated carbocycles. The third kappa shape index (κ3) is 33.1. The molecule has 3 atom stereocenters. The van der Waals surface area contributed by atoms with E-state index in [1.54, 1.807) is 0 Å². The molecule has 0 fully saturated rings. The molecule has 0 radical (unpaired) electrons. The normalized spacial score (nSPS) is 13.9. The summed E-state index contributed by atoms with van der Waals surface area (Å²) in [6.07, 6.45) is 44.3. The maximum absolute atomic E-state index is 12.4. The van der Waals surface area contributed by atoms with Crippen molar-refractivity contribution in [2.45, 2.75) is 231 Å². The predicted octanol–water partition coefficient (Wildman–Crippen LogP) is 11.4. The standard InChI is InChI=1S/C42H81NO4/c1-3-5-7-9-11-13-15-17-18-19-20-21-22-23-24-25-27-29-31-33-35-37-41(46)43-39(38-44)42(47)40(45)36-34-32-30-28-26-16-14-12-10-8-6-4-2/h12,14,28,30,39-40,42,44-45,47H,3-11,13,15-27,29,31-38H2,1-2H3,(H,43,46)/b14-12+,30-28+. The molecule has 0 spiro atoms. The first kappa shape index (κ1) is 45.8. The number of unbranched alkanes of at least 4 members (excludes halogenated alkanes) is 25. The molecule has 5 heteroatoms. The second kappa shape index (κ2) is 37.6. The van der Waals surface area contributed by atoms with Crippen LogP contribution in [0, 0.1) is 0 Å². The van der Waals surface area contributed by atoms with Gasteiger partial charge in [-0.25, -0.2) is 0 Å². The highest BCUT2D eigenvalue weighted by molar-refractivity contribution is 5.76. The number of hydrogen-bond donors (Lipinski definition) is 4. The van der Waals surface area contributed by atoms with Gasteiger partial charge in [-0.05, 0) is 51.4 Å². The van der Waals surface area contributed by atoms with Gasteiger partial charge in [0.15, 0.2) is 0 Å². The van der Waals surface area contributed by atoms with Gasteiger partial charge in [-0.15, -0.1) is 0 Å². The molecule has 0 aromatic heterocycles. The van der Waals surface area contributed by atoms with Crippen LogP contribution in [0.2, 0.25) is 0 Å². The molecular weight excluding hydrogens is 582 g/mol. The van der Waals surface area contributed by atoms with Crippen molar-refractivity contribution in [3.05, 3.63) is 24.3 Å². The lowest BCUT2D eigenvalue weighted by atomic mass is 10.0. The number of carbonyl (C=O) groups excluding carboxylic acids is 1. The van der Waals surface area contributed by atoms with E-state index in [1.165, 1.54) is 141 Å². The van der Waals surface area contributed by atoms with Crippen molar-refractivity contribution < 1.29 is 20.1 Å². The Kier molecular flexibility index (Phi) is 36.7. The monoisotopic (exact) mass is 664 g/mol. The Morgan fingerprint density at radius 3 is 1.30 bits per heavy atom. The molecule has 0 rings (SSSR count). The van der Waals surface area contributed by atoms with Crippen LogP contribution in [0.3, 0.4) is 0 Å². The van der Waals surface area contributed by atoms with E-state index in [0.29, 0.717) is 12.8 Å². The fraction of sp³-hybridized carbons (Fsp3) is 0.881. The highest BCUT2D eigenvalue weighted by atomic mass is 16.3.